The Kier molecular flexibility index (Phi) is 1.21. The summed E-state index contributed by atoms with van der Waals surface area (Å²) in [6, 6.07) is 0. The van der Waals surface area contributed by atoms with E-state index in [2.05, 4.69) is 5.32 Å². The van der Waals surface area contributed by atoms with Gasteiger partial charge in [-0.1, -0.05) is 0 Å². The maximum Gasteiger partial charge on any atom is 0.207 e. The quantitative estimate of drug-likeness (QED) is 0.476. The molecule has 0 bridgehead atoms. The van der Waals surface area contributed by atoms with Crippen molar-refractivity contribution in [3.8, 4) is 0 Å². The Hall–Kier alpha value is -0.570. The van der Waals surface area contributed by atoms with Crippen LogP contribution in [-0.4, -0.2) is 23.7 Å². The molecular formula is C5H9NO2. The average Bonchev–Trinajstić information content (AvgIpc) is 2.45. The van der Waals surface area contributed by atoms with Crippen molar-refractivity contribution in [3.63, 3.8) is 0 Å². The molecule has 2 N–H and O–H groups in total. The van der Waals surface area contributed by atoms with Gasteiger partial charge in [-0.2, -0.15) is 0 Å². The van der Waals surface area contributed by atoms with Gasteiger partial charge in [0.15, 0.2) is 0 Å². The number of hydrogen-bond acceptors (Lipinski definition) is 2. The summed E-state index contributed by atoms with van der Waals surface area (Å²) >= 11 is 0. The van der Waals surface area contributed by atoms with Gasteiger partial charge >= 0.3 is 0 Å². The molecule has 1 aliphatic rings. The van der Waals surface area contributed by atoms with Crippen molar-refractivity contribution < 1.29 is 9.90 Å². The summed E-state index contributed by atoms with van der Waals surface area (Å²) in [5.74, 6) is 0. The zero-order valence-electron chi connectivity index (χ0n) is 4.55. The Morgan fingerprint density at radius 3 is 2.75 bits per heavy atom. The first-order valence-electron chi connectivity index (χ1n) is 2.66. The van der Waals surface area contributed by atoms with E-state index >= 15 is 0 Å². The Bertz CT molecular complexity index is 98.6. The standard InChI is InChI=1S/C5H9NO2/c7-4-6-3-5(8)1-2-5/h4,8H,1-3H2,(H,6,7). The molecule has 3 heteroatoms. The second-order valence-electron chi connectivity index (χ2n) is 2.22. The molecule has 1 aliphatic carbocycles. The van der Waals surface area contributed by atoms with Gasteiger partial charge in [-0.25, -0.2) is 0 Å². The van der Waals surface area contributed by atoms with Crippen molar-refractivity contribution in [1.82, 2.24) is 5.32 Å². The van der Waals surface area contributed by atoms with Gasteiger partial charge in [-0.3, -0.25) is 4.79 Å². The topological polar surface area (TPSA) is 49.3 Å². The molecule has 0 atom stereocenters. The van der Waals surface area contributed by atoms with Crippen molar-refractivity contribution in [2.24, 2.45) is 0 Å². The highest BCUT2D eigenvalue weighted by Gasteiger charge is 2.39. The molecule has 3 nitrogen and oxygen atoms in total. The Morgan fingerprint density at radius 1 is 1.75 bits per heavy atom. The van der Waals surface area contributed by atoms with Crippen molar-refractivity contribution in [2.45, 2.75) is 18.4 Å². The predicted molar refractivity (Wildman–Crippen MR) is 28.3 cm³/mol. The van der Waals surface area contributed by atoms with E-state index in [-0.39, 0.29) is 0 Å². The summed E-state index contributed by atoms with van der Waals surface area (Å²) in [6.45, 7) is 0.413. The van der Waals surface area contributed by atoms with Gasteiger partial charge in [-0.05, 0) is 12.8 Å². The van der Waals surface area contributed by atoms with Crippen molar-refractivity contribution in [3.05, 3.63) is 0 Å². The molecule has 0 heterocycles. The molecule has 0 aliphatic heterocycles. The van der Waals surface area contributed by atoms with Gasteiger partial charge < -0.3 is 10.4 Å². The van der Waals surface area contributed by atoms with Gasteiger partial charge in [0, 0.05) is 6.54 Å². The van der Waals surface area contributed by atoms with Crippen LogP contribution in [0, 0.1) is 0 Å². The molecule has 0 aromatic carbocycles. The summed E-state index contributed by atoms with van der Waals surface area (Å²) in [6.07, 6.45) is 2.26. The van der Waals surface area contributed by atoms with E-state index in [4.69, 9.17) is 5.11 Å². The lowest BCUT2D eigenvalue weighted by Crippen LogP contribution is -2.26. The fourth-order valence-electron chi connectivity index (χ4n) is 0.553. The van der Waals surface area contributed by atoms with Crippen molar-refractivity contribution in [1.29, 1.82) is 0 Å². The van der Waals surface area contributed by atoms with Crippen molar-refractivity contribution in [2.75, 3.05) is 6.54 Å². The van der Waals surface area contributed by atoms with Gasteiger partial charge in [-0.15, -0.1) is 0 Å². The maximum absolute atomic E-state index is 9.66. The molecule has 0 unspecified atom stereocenters. The molecule has 1 fully saturated rings. The number of rotatable bonds is 3. The highest BCUT2D eigenvalue weighted by Crippen LogP contribution is 2.33. The highest BCUT2D eigenvalue weighted by molar-refractivity contribution is 5.46. The molecule has 1 saturated carbocycles. The average molecular weight is 115 g/mol. The van der Waals surface area contributed by atoms with Crippen LogP contribution < -0.4 is 5.32 Å². The molecule has 1 amide bonds. The smallest absolute Gasteiger partial charge is 0.207 e. The number of aliphatic hydroxyl groups is 1. The fourth-order valence-corrected chi connectivity index (χ4v) is 0.553. The van der Waals surface area contributed by atoms with E-state index < -0.39 is 5.60 Å². The highest BCUT2D eigenvalue weighted by atomic mass is 16.3. The van der Waals surface area contributed by atoms with Crippen LogP contribution in [0.25, 0.3) is 0 Å². The first-order chi connectivity index (χ1) is 3.77. The van der Waals surface area contributed by atoms with Crippen LogP contribution in [-0.2, 0) is 4.79 Å². The molecule has 8 heavy (non-hydrogen) atoms. The predicted octanol–water partition coefficient (Wildman–Crippen LogP) is -0.743. The zero-order valence-corrected chi connectivity index (χ0v) is 4.55. The van der Waals surface area contributed by atoms with E-state index in [0.717, 1.165) is 12.8 Å². The Balaban J connectivity index is 2.09. The van der Waals surface area contributed by atoms with Crippen LogP contribution in [0.2, 0.25) is 0 Å². The van der Waals surface area contributed by atoms with Gasteiger partial charge in [0.05, 0.1) is 5.60 Å². The minimum absolute atomic E-state index is 0.413. The SMILES string of the molecule is O=CNCC1(O)CC1. The third-order valence-corrected chi connectivity index (χ3v) is 1.34. The first kappa shape index (κ1) is 5.56. The number of amides is 1. The molecule has 0 spiro atoms. The van der Waals surface area contributed by atoms with E-state index in [1.54, 1.807) is 0 Å². The summed E-state index contributed by atoms with van der Waals surface area (Å²) in [5, 5.41) is 11.5. The number of hydrogen-bond donors (Lipinski definition) is 2. The number of nitrogens with one attached hydrogen (secondary N) is 1. The van der Waals surface area contributed by atoms with E-state index in [1.165, 1.54) is 0 Å². The maximum atomic E-state index is 9.66. The zero-order chi connectivity index (χ0) is 6.04. The second kappa shape index (κ2) is 1.74. The van der Waals surface area contributed by atoms with E-state index in [0.29, 0.717) is 13.0 Å². The molecule has 0 radical (unpaired) electrons. The summed E-state index contributed by atoms with van der Waals surface area (Å²) in [5.41, 5.74) is -0.541. The van der Waals surface area contributed by atoms with Crippen LogP contribution in [0.3, 0.4) is 0 Å². The second-order valence-corrected chi connectivity index (χ2v) is 2.22. The van der Waals surface area contributed by atoms with Gasteiger partial charge in [0.1, 0.15) is 0 Å². The normalized spacial score (nSPS) is 22.1. The molecule has 0 saturated heterocycles. The lowest BCUT2D eigenvalue weighted by atomic mass is 10.3. The van der Waals surface area contributed by atoms with Crippen LogP contribution >= 0.6 is 0 Å². The van der Waals surface area contributed by atoms with E-state index in [1.807, 2.05) is 0 Å². The molecule has 1 rings (SSSR count). The van der Waals surface area contributed by atoms with Crippen LogP contribution in [0.1, 0.15) is 12.8 Å². The van der Waals surface area contributed by atoms with Crippen molar-refractivity contribution >= 4 is 6.41 Å². The number of carbonyl (C=O) groups excluding carboxylic acids is 1. The van der Waals surface area contributed by atoms with Gasteiger partial charge in [0.25, 0.3) is 0 Å². The lowest BCUT2D eigenvalue weighted by molar-refractivity contribution is -0.110. The van der Waals surface area contributed by atoms with Crippen LogP contribution in [0.4, 0.5) is 0 Å². The Labute approximate surface area is 47.7 Å². The summed E-state index contributed by atoms with van der Waals surface area (Å²) in [7, 11) is 0. The molecule has 0 aromatic rings. The third kappa shape index (κ3) is 1.20. The first-order valence-corrected chi connectivity index (χ1v) is 2.66. The monoisotopic (exact) mass is 115 g/mol. The molecule has 0 aromatic heterocycles. The minimum Gasteiger partial charge on any atom is -0.388 e. The Morgan fingerprint density at radius 2 is 2.38 bits per heavy atom. The van der Waals surface area contributed by atoms with Crippen LogP contribution in [0.5, 0.6) is 0 Å². The van der Waals surface area contributed by atoms with Crippen LogP contribution in [0.15, 0.2) is 0 Å². The summed E-state index contributed by atoms with van der Waals surface area (Å²) < 4.78 is 0. The molecular weight excluding hydrogens is 106 g/mol. The lowest BCUT2D eigenvalue weighted by Gasteiger charge is -2.02. The summed E-state index contributed by atoms with van der Waals surface area (Å²) in [4.78, 5) is 9.66. The molecule has 46 valence electrons. The fraction of sp³-hybridized carbons (Fsp3) is 0.800. The third-order valence-electron chi connectivity index (χ3n) is 1.34. The van der Waals surface area contributed by atoms with E-state index in [9.17, 15) is 4.79 Å². The minimum atomic E-state index is -0.541. The number of carbonyl (C=O) groups is 1. The largest absolute Gasteiger partial charge is 0.388 e. The van der Waals surface area contributed by atoms with Gasteiger partial charge in [0.2, 0.25) is 6.41 Å².